The first-order valence-corrected chi connectivity index (χ1v) is 8.45. The summed E-state index contributed by atoms with van der Waals surface area (Å²) >= 11 is 0. The maximum atomic E-state index is 12.3. The van der Waals surface area contributed by atoms with Crippen LogP contribution in [-0.2, 0) is 18.3 Å². The molecule has 23 heavy (non-hydrogen) atoms. The maximum Gasteiger partial charge on any atom is 0.339 e. The first-order chi connectivity index (χ1) is 10.9. The van der Waals surface area contributed by atoms with Crippen LogP contribution in [0.1, 0.15) is 56.7 Å². The Morgan fingerprint density at radius 2 is 1.65 bits per heavy atom. The van der Waals surface area contributed by atoms with Crippen LogP contribution in [0.3, 0.4) is 0 Å². The second-order valence-electron chi connectivity index (χ2n) is 7.65. The van der Waals surface area contributed by atoms with Gasteiger partial charge in [0.15, 0.2) is 0 Å². The molecular weight excluding hydrogens is 288 g/mol. The zero-order chi connectivity index (χ0) is 16.2. The topological polar surface area (TPSA) is 43.4 Å². The Morgan fingerprint density at radius 3 is 2.39 bits per heavy atom. The molecule has 3 heteroatoms. The minimum absolute atomic E-state index is 0.0193. The molecule has 0 bridgehead atoms. The van der Waals surface area contributed by atoms with Crippen molar-refractivity contribution in [1.82, 2.24) is 0 Å². The van der Waals surface area contributed by atoms with Crippen LogP contribution in [0, 0.1) is 0 Å². The summed E-state index contributed by atoms with van der Waals surface area (Å²) in [5.41, 5.74) is 4.56. The molecule has 0 amide bonds. The predicted octanol–water partition coefficient (Wildman–Crippen LogP) is 5.11. The highest BCUT2D eigenvalue weighted by Gasteiger charge is 2.22. The number of benzene rings is 1. The van der Waals surface area contributed by atoms with Crippen LogP contribution >= 0.6 is 0 Å². The first kappa shape index (κ1) is 14.6. The molecule has 1 aliphatic carbocycles. The van der Waals surface area contributed by atoms with Crippen molar-refractivity contribution in [1.29, 1.82) is 0 Å². The SMILES string of the molecule is CC(C)(C)c1coc2cc3oc(=O)c4c(c3cc12)CCCCC4. The average Bonchev–Trinajstić information content (AvgIpc) is 2.74. The van der Waals surface area contributed by atoms with Gasteiger partial charge in [0, 0.05) is 28.0 Å². The maximum absolute atomic E-state index is 12.3. The average molecular weight is 310 g/mol. The molecule has 0 radical (unpaired) electrons. The van der Waals surface area contributed by atoms with Gasteiger partial charge >= 0.3 is 5.63 Å². The van der Waals surface area contributed by atoms with Crippen molar-refractivity contribution < 1.29 is 8.83 Å². The van der Waals surface area contributed by atoms with Gasteiger partial charge < -0.3 is 8.83 Å². The van der Waals surface area contributed by atoms with E-state index in [9.17, 15) is 4.79 Å². The number of aryl methyl sites for hydroxylation is 1. The van der Waals surface area contributed by atoms with Crippen molar-refractivity contribution in [3.05, 3.63) is 45.5 Å². The summed E-state index contributed by atoms with van der Waals surface area (Å²) in [7, 11) is 0. The van der Waals surface area contributed by atoms with Gasteiger partial charge in [-0.2, -0.15) is 0 Å². The quantitative estimate of drug-likeness (QED) is 0.428. The zero-order valence-corrected chi connectivity index (χ0v) is 14.0. The fraction of sp³-hybridized carbons (Fsp3) is 0.450. The highest BCUT2D eigenvalue weighted by Crippen LogP contribution is 2.36. The first-order valence-electron chi connectivity index (χ1n) is 8.45. The fourth-order valence-electron chi connectivity index (χ4n) is 3.72. The Bertz CT molecular complexity index is 951. The van der Waals surface area contributed by atoms with Gasteiger partial charge in [-0.3, -0.25) is 0 Å². The molecular formula is C20H22O3. The van der Waals surface area contributed by atoms with E-state index in [2.05, 4.69) is 26.8 Å². The van der Waals surface area contributed by atoms with Gasteiger partial charge in [-0.05, 0) is 42.7 Å². The number of hydrogen-bond acceptors (Lipinski definition) is 3. The number of furan rings is 1. The van der Waals surface area contributed by atoms with E-state index in [1.165, 1.54) is 17.5 Å². The lowest BCUT2D eigenvalue weighted by Crippen LogP contribution is -2.11. The van der Waals surface area contributed by atoms with E-state index in [-0.39, 0.29) is 11.0 Å². The molecule has 2 heterocycles. The van der Waals surface area contributed by atoms with Crippen LogP contribution in [0.15, 0.2) is 32.0 Å². The molecule has 4 rings (SSSR count). The van der Waals surface area contributed by atoms with Crippen LogP contribution < -0.4 is 5.63 Å². The van der Waals surface area contributed by atoms with E-state index in [1.54, 1.807) is 0 Å². The second-order valence-corrected chi connectivity index (χ2v) is 7.65. The van der Waals surface area contributed by atoms with Crippen molar-refractivity contribution in [2.75, 3.05) is 0 Å². The van der Waals surface area contributed by atoms with Crippen molar-refractivity contribution in [3.8, 4) is 0 Å². The number of fused-ring (bicyclic) bond motifs is 4. The lowest BCUT2D eigenvalue weighted by atomic mass is 9.86. The molecule has 120 valence electrons. The Morgan fingerprint density at radius 1 is 0.913 bits per heavy atom. The molecule has 0 N–H and O–H groups in total. The second kappa shape index (κ2) is 4.98. The van der Waals surface area contributed by atoms with Gasteiger partial charge in [-0.15, -0.1) is 0 Å². The Hall–Kier alpha value is -2.03. The van der Waals surface area contributed by atoms with Crippen molar-refractivity contribution in [2.45, 2.75) is 58.3 Å². The molecule has 2 aromatic heterocycles. The van der Waals surface area contributed by atoms with E-state index in [1.807, 2.05) is 12.3 Å². The number of hydrogen-bond donors (Lipinski definition) is 0. The zero-order valence-electron chi connectivity index (χ0n) is 14.0. The summed E-state index contributed by atoms with van der Waals surface area (Å²) in [6, 6.07) is 4.05. The molecule has 0 aliphatic heterocycles. The Balaban J connectivity index is 2.09. The summed E-state index contributed by atoms with van der Waals surface area (Å²) in [6.45, 7) is 6.56. The third kappa shape index (κ3) is 2.30. The summed E-state index contributed by atoms with van der Waals surface area (Å²) in [5, 5.41) is 2.21. The summed E-state index contributed by atoms with van der Waals surface area (Å²) in [6.07, 6.45) is 7.03. The van der Waals surface area contributed by atoms with E-state index in [4.69, 9.17) is 8.83 Å². The van der Waals surface area contributed by atoms with E-state index in [0.717, 1.165) is 47.6 Å². The Labute approximate surface area is 135 Å². The van der Waals surface area contributed by atoms with Crippen molar-refractivity contribution in [3.63, 3.8) is 0 Å². The highest BCUT2D eigenvalue weighted by atomic mass is 16.4. The predicted molar refractivity (Wildman–Crippen MR) is 92.2 cm³/mol. The van der Waals surface area contributed by atoms with Crippen LogP contribution in [0.5, 0.6) is 0 Å². The third-order valence-corrected chi connectivity index (χ3v) is 4.98. The molecule has 1 aliphatic rings. The smallest absolute Gasteiger partial charge is 0.339 e. The lowest BCUT2D eigenvalue weighted by molar-refractivity contribution is 0.544. The molecule has 0 saturated carbocycles. The van der Waals surface area contributed by atoms with Crippen LogP contribution in [0.25, 0.3) is 21.9 Å². The van der Waals surface area contributed by atoms with E-state index < -0.39 is 0 Å². The van der Waals surface area contributed by atoms with Crippen LogP contribution in [0.4, 0.5) is 0 Å². The van der Waals surface area contributed by atoms with Crippen LogP contribution in [-0.4, -0.2) is 0 Å². The van der Waals surface area contributed by atoms with Gasteiger partial charge in [0.05, 0.1) is 6.26 Å². The van der Waals surface area contributed by atoms with Gasteiger partial charge in [0.2, 0.25) is 0 Å². The minimum atomic E-state index is -0.170. The molecule has 0 fully saturated rings. The van der Waals surface area contributed by atoms with Gasteiger partial charge in [0.1, 0.15) is 11.2 Å². The molecule has 0 spiro atoms. The molecule has 0 saturated heterocycles. The normalized spacial score (nSPS) is 15.8. The van der Waals surface area contributed by atoms with Crippen molar-refractivity contribution in [2.24, 2.45) is 0 Å². The number of rotatable bonds is 0. The minimum Gasteiger partial charge on any atom is -0.464 e. The van der Waals surface area contributed by atoms with Gasteiger partial charge in [-0.25, -0.2) is 4.79 Å². The molecule has 1 aromatic carbocycles. The third-order valence-electron chi connectivity index (χ3n) is 4.98. The Kier molecular flexibility index (Phi) is 3.15. The van der Waals surface area contributed by atoms with Crippen LogP contribution in [0.2, 0.25) is 0 Å². The van der Waals surface area contributed by atoms with Gasteiger partial charge in [0.25, 0.3) is 0 Å². The molecule has 3 nitrogen and oxygen atoms in total. The fourth-order valence-corrected chi connectivity index (χ4v) is 3.72. The van der Waals surface area contributed by atoms with E-state index in [0.29, 0.717) is 5.58 Å². The van der Waals surface area contributed by atoms with E-state index >= 15 is 0 Å². The molecule has 0 atom stereocenters. The lowest BCUT2D eigenvalue weighted by Gasteiger charge is -2.16. The summed E-state index contributed by atoms with van der Waals surface area (Å²) < 4.78 is 11.3. The monoisotopic (exact) mass is 310 g/mol. The summed E-state index contributed by atoms with van der Waals surface area (Å²) in [4.78, 5) is 12.3. The molecule has 3 aromatic rings. The standard InChI is InChI=1S/C20H22O3/c1-20(2,3)16-11-22-17-10-18-14(9-15(16)17)12-7-5-4-6-8-13(12)19(21)23-18/h9-11H,4-8H2,1-3H3. The van der Waals surface area contributed by atoms with Crippen molar-refractivity contribution >= 4 is 21.9 Å². The van der Waals surface area contributed by atoms with Gasteiger partial charge in [-0.1, -0.05) is 27.2 Å². The summed E-state index contributed by atoms with van der Waals surface area (Å²) in [5.74, 6) is 0. The highest BCUT2D eigenvalue weighted by molar-refractivity contribution is 5.97. The largest absolute Gasteiger partial charge is 0.464 e. The molecule has 0 unspecified atom stereocenters.